The average molecular weight is 434 g/mol. The number of anilines is 2. The second-order valence-corrected chi connectivity index (χ2v) is 8.85. The molecule has 0 aliphatic carbocycles. The molecule has 0 aromatic heterocycles. The first-order valence-corrected chi connectivity index (χ1v) is 11.8. The van der Waals surface area contributed by atoms with Gasteiger partial charge < -0.3 is 15.0 Å². The van der Waals surface area contributed by atoms with Crippen molar-refractivity contribution in [2.45, 2.75) is 33.4 Å². The van der Waals surface area contributed by atoms with Gasteiger partial charge in [0, 0.05) is 31.4 Å². The minimum atomic E-state index is -3.68. The Labute approximate surface area is 179 Å². The average Bonchev–Trinajstić information content (AvgIpc) is 2.73. The Bertz CT molecular complexity index is 941. The Kier molecular flexibility index (Phi) is 8.11. The monoisotopic (exact) mass is 433 g/mol. The predicted octanol–water partition coefficient (Wildman–Crippen LogP) is 3.01. The predicted molar refractivity (Wildman–Crippen MR) is 122 cm³/mol. The van der Waals surface area contributed by atoms with E-state index >= 15 is 0 Å². The lowest BCUT2D eigenvalue weighted by atomic mass is 10.2. The second-order valence-electron chi connectivity index (χ2n) is 6.99. The maximum absolute atomic E-state index is 12.7. The number of nitrogens with zero attached hydrogens (tertiary/aromatic N) is 2. The van der Waals surface area contributed by atoms with Gasteiger partial charge in [-0.25, -0.2) is 8.42 Å². The summed E-state index contributed by atoms with van der Waals surface area (Å²) in [5.74, 6) is 0.137. The first kappa shape index (κ1) is 23.5. The van der Waals surface area contributed by atoms with Gasteiger partial charge in [0.25, 0.3) is 0 Å². The summed E-state index contributed by atoms with van der Waals surface area (Å²) < 4.78 is 31.1. The zero-order chi connectivity index (χ0) is 22.3. The van der Waals surface area contributed by atoms with E-state index in [1.165, 1.54) is 7.11 Å². The Morgan fingerprint density at radius 1 is 1.07 bits per heavy atom. The fraction of sp³-hybridized carbons (Fsp3) is 0.409. The summed E-state index contributed by atoms with van der Waals surface area (Å²) in [7, 11) is -2.17. The first-order valence-electron chi connectivity index (χ1n) is 9.96. The summed E-state index contributed by atoms with van der Waals surface area (Å²) in [6, 6.07) is 13.7. The van der Waals surface area contributed by atoms with Gasteiger partial charge in [0.15, 0.2) is 0 Å². The lowest BCUT2D eigenvalue weighted by Gasteiger charge is -2.28. The Morgan fingerprint density at radius 3 is 2.23 bits per heavy atom. The number of hydrogen-bond donors (Lipinski definition) is 1. The summed E-state index contributed by atoms with van der Waals surface area (Å²) in [4.78, 5) is 15.0. The fourth-order valence-corrected chi connectivity index (χ4v) is 4.47. The molecule has 2 aromatic carbocycles. The maximum atomic E-state index is 12.7. The van der Waals surface area contributed by atoms with Crippen LogP contribution in [-0.4, -0.2) is 46.8 Å². The van der Waals surface area contributed by atoms with Crippen LogP contribution < -0.4 is 19.3 Å². The van der Waals surface area contributed by atoms with Gasteiger partial charge in [0.05, 0.1) is 19.1 Å². The van der Waals surface area contributed by atoms with E-state index < -0.39 is 16.1 Å². The Hall–Kier alpha value is -2.74. The van der Waals surface area contributed by atoms with E-state index in [-0.39, 0.29) is 5.91 Å². The van der Waals surface area contributed by atoms with Crippen LogP contribution >= 0.6 is 0 Å². The molecule has 0 fully saturated rings. The number of methoxy groups -OCH3 is 1. The van der Waals surface area contributed by atoms with E-state index in [4.69, 9.17) is 4.74 Å². The molecule has 0 heterocycles. The molecule has 164 valence electrons. The molecule has 2 aromatic rings. The summed E-state index contributed by atoms with van der Waals surface area (Å²) in [5.41, 5.74) is 2.45. The third-order valence-corrected chi connectivity index (χ3v) is 6.17. The molecule has 0 spiro atoms. The number of benzene rings is 2. The lowest BCUT2D eigenvalue weighted by molar-refractivity contribution is -0.122. The third kappa shape index (κ3) is 5.89. The van der Waals surface area contributed by atoms with Crippen molar-refractivity contribution in [3.8, 4) is 5.75 Å². The number of carbonyl (C=O) groups excluding carboxylic acids is 1. The van der Waals surface area contributed by atoms with Gasteiger partial charge in [-0.15, -0.1) is 0 Å². The number of carbonyl (C=O) groups is 1. The third-order valence-electron chi connectivity index (χ3n) is 4.93. The van der Waals surface area contributed by atoms with Crippen molar-refractivity contribution in [3.05, 3.63) is 54.1 Å². The molecule has 2 rings (SSSR count). The van der Waals surface area contributed by atoms with Crippen molar-refractivity contribution in [2.24, 2.45) is 0 Å². The molecule has 0 unspecified atom stereocenters. The SMILES string of the molecule is CCN(CC)c1ccc(CNC(=O)[C@@H](C)N(c2cccc(OC)c2)S(C)(=O)=O)cc1. The molecule has 7 nitrogen and oxygen atoms in total. The number of amides is 1. The maximum Gasteiger partial charge on any atom is 0.243 e. The number of ether oxygens (including phenoxy) is 1. The molecule has 0 saturated carbocycles. The van der Waals surface area contributed by atoms with Crippen LogP contribution in [0, 0.1) is 0 Å². The zero-order valence-electron chi connectivity index (χ0n) is 18.3. The van der Waals surface area contributed by atoms with Crippen molar-refractivity contribution in [3.63, 3.8) is 0 Å². The van der Waals surface area contributed by atoms with Crippen LogP contribution in [0.1, 0.15) is 26.3 Å². The number of hydrogen-bond acceptors (Lipinski definition) is 5. The normalized spacial score (nSPS) is 12.2. The van der Waals surface area contributed by atoms with E-state index in [2.05, 4.69) is 24.1 Å². The fourth-order valence-electron chi connectivity index (χ4n) is 3.31. The van der Waals surface area contributed by atoms with Crippen LogP contribution in [0.25, 0.3) is 0 Å². The second kappa shape index (κ2) is 10.3. The molecular formula is C22H31N3O4S. The van der Waals surface area contributed by atoms with Crippen LogP contribution in [0.5, 0.6) is 5.75 Å². The smallest absolute Gasteiger partial charge is 0.243 e. The van der Waals surface area contributed by atoms with Crippen molar-refractivity contribution < 1.29 is 17.9 Å². The largest absolute Gasteiger partial charge is 0.497 e. The van der Waals surface area contributed by atoms with Crippen LogP contribution in [0.15, 0.2) is 48.5 Å². The highest BCUT2D eigenvalue weighted by atomic mass is 32.2. The van der Waals surface area contributed by atoms with Crippen LogP contribution in [0.2, 0.25) is 0 Å². The highest BCUT2D eigenvalue weighted by Crippen LogP contribution is 2.25. The minimum absolute atomic E-state index is 0.317. The first-order chi connectivity index (χ1) is 14.2. The molecule has 30 heavy (non-hydrogen) atoms. The summed E-state index contributed by atoms with van der Waals surface area (Å²) >= 11 is 0. The topological polar surface area (TPSA) is 79.0 Å². The molecule has 0 radical (unpaired) electrons. The molecule has 8 heteroatoms. The standard InChI is InChI=1S/C22H31N3O4S/c1-6-24(7-2)19-13-11-18(12-14-19)16-23-22(26)17(3)25(30(5,27)28)20-9-8-10-21(15-20)29-4/h8-15,17H,6-7,16H2,1-5H3,(H,23,26)/t17-/m1/s1. The van der Waals surface area contributed by atoms with Gasteiger partial charge in [-0.3, -0.25) is 9.10 Å². The van der Waals surface area contributed by atoms with Gasteiger partial charge >= 0.3 is 0 Å². The van der Waals surface area contributed by atoms with Crippen molar-refractivity contribution in [1.29, 1.82) is 0 Å². The molecule has 1 N–H and O–H groups in total. The minimum Gasteiger partial charge on any atom is -0.497 e. The van der Waals surface area contributed by atoms with Crippen molar-refractivity contribution >= 4 is 27.3 Å². The van der Waals surface area contributed by atoms with E-state index in [1.54, 1.807) is 31.2 Å². The van der Waals surface area contributed by atoms with Crippen LogP contribution in [0.4, 0.5) is 11.4 Å². The molecule has 0 saturated heterocycles. The van der Waals surface area contributed by atoms with E-state index in [1.807, 2.05) is 24.3 Å². The van der Waals surface area contributed by atoms with E-state index in [0.29, 0.717) is 18.0 Å². The van der Waals surface area contributed by atoms with Gasteiger partial charge in [-0.2, -0.15) is 0 Å². The van der Waals surface area contributed by atoms with Crippen LogP contribution in [0.3, 0.4) is 0 Å². The van der Waals surface area contributed by atoms with Gasteiger partial charge in [0.2, 0.25) is 15.9 Å². The zero-order valence-corrected chi connectivity index (χ0v) is 19.1. The summed E-state index contributed by atoms with van der Waals surface area (Å²) in [6.07, 6.45) is 1.09. The highest BCUT2D eigenvalue weighted by molar-refractivity contribution is 7.92. The molecule has 0 bridgehead atoms. The van der Waals surface area contributed by atoms with Gasteiger partial charge in [0.1, 0.15) is 11.8 Å². The molecule has 1 atom stereocenters. The Morgan fingerprint density at radius 2 is 1.70 bits per heavy atom. The summed E-state index contributed by atoms with van der Waals surface area (Å²) in [5, 5.41) is 2.84. The van der Waals surface area contributed by atoms with Crippen LogP contribution in [-0.2, 0) is 21.4 Å². The van der Waals surface area contributed by atoms with E-state index in [0.717, 1.165) is 34.9 Å². The van der Waals surface area contributed by atoms with Crippen molar-refractivity contribution in [2.75, 3.05) is 35.7 Å². The summed E-state index contributed by atoms with van der Waals surface area (Å²) in [6.45, 7) is 7.95. The number of sulfonamides is 1. The molecule has 1 amide bonds. The molecule has 0 aliphatic rings. The van der Waals surface area contributed by atoms with Gasteiger partial charge in [-0.05, 0) is 50.6 Å². The Balaban J connectivity index is 2.12. The van der Waals surface area contributed by atoms with Crippen molar-refractivity contribution in [1.82, 2.24) is 5.32 Å². The lowest BCUT2D eigenvalue weighted by Crippen LogP contribution is -2.47. The van der Waals surface area contributed by atoms with Gasteiger partial charge in [-0.1, -0.05) is 18.2 Å². The number of nitrogens with one attached hydrogen (secondary N) is 1. The molecular weight excluding hydrogens is 402 g/mol. The number of rotatable bonds is 10. The quantitative estimate of drug-likeness (QED) is 0.623. The van der Waals surface area contributed by atoms with E-state index in [9.17, 15) is 13.2 Å². The highest BCUT2D eigenvalue weighted by Gasteiger charge is 2.29. The molecule has 0 aliphatic heterocycles.